The summed E-state index contributed by atoms with van der Waals surface area (Å²) in [6.45, 7) is 4.66. The number of nitrogens with zero attached hydrogens (tertiary/aromatic N) is 2. The molecule has 0 radical (unpaired) electrons. The number of nitrogens with one attached hydrogen (secondary N) is 1. The minimum atomic E-state index is -3.57. The Hall–Kier alpha value is -2.78. The van der Waals surface area contributed by atoms with Crippen LogP contribution in [0.3, 0.4) is 0 Å². The van der Waals surface area contributed by atoms with Crippen LogP contribution >= 0.6 is 0 Å². The van der Waals surface area contributed by atoms with Gasteiger partial charge in [-0.3, -0.25) is 0 Å². The zero-order valence-electron chi connectivity index (χ0n) is 16.4. The van der Waals surface area contributed by atoms with Gasteiger partial charge in [0.15, 0.2) is 6.23 Å². The number of phenols is 1. The van der Waals surface area contributed by atoms with E-state index in [1.54, 1.807) is 48.2 Å². The molecule has 2 amide bonds. The molecule has 1 saturated heterocycles. The molecule has 1 fully saturated rings. The number of sulfonamides is 1. The highest BCUT2D eigenvalue weighted by Gasteiger charge is 2.30. The van der Waals surface area contributed by atoms with Crippen LogP contribution in [0.25, 0.3) is 0 Å². The number of hydrogen-bond donors (Lipinski definition) is 2. The number of urea groups is 1. The molecule has 1 unspecified atom stereocenters. The molecule has 0 saturated carbocycles. The number of ether oxygens (including phenoxy) is 1. The number of carbonyl (C=O) groups is 1. The molecule has 1 atom stereocenters. The lowest BCUT2D eigenvalue weighted by atomic mass is 10.2. The monoisotopic (exact) mass is 419 g/mol. The molecule has 0 aromatic heterocycles. The summed E-state index contributed by atoms with van der Waals surface area (Å²) in [7, 11) is -3.57. The second-order valence-electron chi connectivity index (χ2n) is 6.91. The lowest BCUT2D eigenvalue weighted by Gasteiger charge is -2.34. The molecule has 1 aliphatic rings. The molecular formula is C20H25N3O5S. The fourth-order valence-electron chi connectivity index (χ4n) is 3.01. The van der Waals surface area contributed by atoms with Crippen LogP contribution in [0.4, 0.5) is 4.79 Å². The Morgan fingerprint density at radius 2 is 1.62 bits per heavy atom. The third kappa shape index (κ3) is 5.18. The van der Waals surface area contributed by atoms with E-state index < -0.39 is 16.3 Å². The maximum atomic E-state index is 12.7. The number of piperazine rings is 1. The lowest BCUT2D eigenvalue weighted by molar-refractivity contribution is 0.140. The summed E-state index contributed by atoms with van der Waals surface area (Å²) in [6, 6.07) is 12.6. The smallest absolute Gasteiger partial charge is 0.320 e. The Kier molecular flexibility index (Phi) is 6.29. The van der Waals surface area contributed by atoms with E-state index in [1.165, 1.54) is 16.4 Å². The number of amides is 2. The van der Waals surface area contributed by atoms with E-state index in [4.69, 9.17) is 4.74 Å². The normalized spacial score (nSPS) is 16.3. The largest absolute Gasteiger partial charge is 0.508 e. The van der Waals surface area contributed by atoms with Crippen molar-refractivity contribution >= 4 is 16.1 Å². The van der Waals surface area contributed by atoms with Gasteiger partial charge in [0, 0.05) is 26.2 Å². The van der Waals surface area contributed by atoms with Crippen molar-refractivity contribution in [2.24, 2.45) is 0 Å². The van der Waals surface area contributed by atoms with E-state index in [2.05, 4.69) is 5.32 Å². The average Bonchev–Trinajstić information content (AvgIpc) is 2.70. The van der Waals surface area contributed by atoms with Crippen molar-refractivity contribution in [3.63, 3.8) is 0 Å². The molecular weight excluding hydrogens is 394 g/mol. The van der Waals surface area contributed by atoms with E-state index in [0.29, 0.717) is 18.8 Å². The van der Waals surface area contributed by atoms with Gasteiger partial charge < -0.3 is 20.1 Å². The van der Waals surface area contributed by atoms with Gasteiger partial charge in [-0.1, -0.05) is 17.7 Å². The van der Waals surface area contributed by atoms with Crippen LogP contribution in [0.1, 0.15) is 12.5 Å². The van der Waals surface area contributed by atoms with Crippen molar-refractivity contribution in [3.05, 3.63) is 54.1 Å². The van der Waals surface area contributed by atoms with Gasteiger partial charge in [-0.05, 0) is 50.2 Å². The van der Waals surface area contributed by atoms with Crippen molar-refractivity contribution in [1.29, 1.82) is 0 Å². The number of benzene rings is 2. The zero-order chi connectivity index (χ0) is 21.0. The minimum absolute atomic E-state index is 0.132. The van der Waals surface area contributed by atoms with Gasteiger partial charge in [-0.15, -0.1) is 0 Å². The van der Waals surface area contributed by atoms with Crippen molar-refractivity contribution in [2.75, 3.05) is 26.2 Å². The van der Waals surface area contributed by atoms with Gasteiger partial charge in [0.1, 0.15) is 11.5 Å². The number of carbonyl (C=O) groups excluding carboxylic acids is 1. The Bertz CT molecular complexity index is 937. The lowest BCUT2D eigenvalue weighted by Crippen LogP contribution is -2.54. The molecule has 1 aliphatic heterocycles. The Morgan fingerprint density at radius 1 is 1.03 bits per heavy atom. The predicted molar refractivity (Wildman–Crippen MR) is 108 cm³/mol. The third-order valence-electron chi connectivity index (χ3n) is 4.66. The molecule has 1 heterocycles. The fraction of sp³-hybridized carbons (Fsp3) is 0.350. The van der Waals surface area contributed by atoms with Gasteiger partial charge in [0.2, 0.25) is 10.0 Å². The fourth-order valence-corrected chi connectivity index (χ4v) is 4.44. The van der Waals surface area contributed by atoms with Gasteiger partial charge >= 0.3 is 6.03 Å². The third-order valence-corrected chi connectivity index (χ3v) is 6.57. The zero-order valence-corrected chi connectivity index (χ0v) is 17.2. The van der Waals surface area contributed by atoms with E-state index in [0.717, 1.165) is 5.56 Å². The van der Waals surface area contributed by atoms with E-state index >= 15 is 0 Å². The first-order valence-electron chi connectivity index (χ1n) is 9.33. The van der Waals surface area contributed by atoms with E-state index in [9.17, 15) is 18.3 Å². The van der Waals surface area contributed by atoms with E-state index in [-0.39, 0.29) is 29.8 Å². The number of phenolic OH excluding ortho intramolecular Hbond substituents is 1. The summed E-state index contributed by atoms with van der Waals surface area (Å²) in [6.07, 6.45) is -0.582. The summed E-state index contributed by atoms with van der Waals surface area (Å²) in [4.78, 5) is 14.3. The Labute approximate surface area is 170 Å². The van der Waals surface area contributed by atoms with Crippen LogP contribution in [0.15, 0.2) is 53.4 Å². The van der Waals surface area contributed by atoms with Crippen molar-refractivity contribution in [3.8, 4) is 11.5 Å². The van der Waals surface area contributed by atoms with E-state index in [1.807, 2.05) is 6.92 Å². The van der Waals surface area contributed by atoms with Crippen LogP contribution in [-0.2, 0) is 10.0 Å². The summed E-state index contributed by atoms with van der Waals surface area (Å²) in [5, 5.41) is 12.0. The Morgan fingerprint density at radius 3 is 2.21 bits per heavy atom. The molecule has 2 aromatic rings. The number of aromatic hydroxyl groups is 1. The summed E-state index contributed by atoms with van der Waals surface area (Å²) >= 11 is 0. The first-order chi connectivity index (χ1) is 13.8. The summed E-state index contributed by atoms with van der Waals surface area (Å²) < 4.78 is 32.5. The first kappa shape index (κ1) is 20.9. The van der Waals surface area contributed by atoms with Gasteiger partial charge in [-0.25, -0.2) is 13.2 Å². The molecule has 0 bridgehead atoms. The van der Waals surface area contributed by atoms with Gasteiger partial charge in [0.05, 0.1) is 4.90 Å². The molecule has 3 rings (SSSR count). The van der Waals surface area contributed by atoms with Gasteiger partial charge in [0.25, 0.3) is 0 Å². The van der Waals surface area contributed by atoms with Crippen LogP contribution in [0.5, 0.6) is 11.5 Å². The summed E-state index contributed by atoms with van der Waals surface area (Å²) in [5.74, 6) is 0.650. The van der Waals surface area contributed by atoms with Crippen LogP contribution in [-0.4, -0.2) is 61.2 Å². The van der Waals surface area contributed by atoms with Gasteiger partial charge in [-0.2, -0.15) is 4.31 Å². The second kappa shape index (κ2) is 8.71. The minimum Gasteiger partial charge on any atom is -0.508 e. The molecule has 8 nitrogen and oxygen atoms in total. The predicted octanol–water partition coefficient (Wildman–Crippen LogP) is 2.14. The number of hydrogen-bond acceptors (Lipinski definition) is 5. The second-order valence-corrected chi connectivity index (χ2v) is 8.85. The number of aryl methyl sites for hydroxylation is 1. The average molecular weight is 420 g/mol. The number of rotatable bonds is 5. The molecule has 9 heteroatoms. The van der Waals surface area contributed by atoms with Crippen molar-refractivity contribution in [2.45, 2.75) is 25.0 Å². The SMILES string of the molecule is Cc1ccc(S(=O)(=O)N2CCN(C(=O)NC(C)Oc3ccc(O)cc3)CC2)cc1. The molecule has 156 valence electrons. The highest BCUT2D eigenvalue weighted by atomic mass is 32.2. The first-order valence-corrected chi connectivity index (χ1v) is 10.8. The molecule has 2 aromatic carbocycles. The highest BCUT2D eigenvalue weighted by molar-refractivity contribution is 7.89. The van der Waals surface area contributed by atoms with Crippen molar-refractivity contribution < 1.29 is 23.1 Å². The maximum Gasteiger partial charge on any atom is 0.320 e. The Balaban J connectivity index is 1.52. The quantitative estimate of drug-likeness (QED) is 0.724. The molecule has 29 heavy (non-hydrogen) atoms. The molecule has 0 aliphatic carbocycles. The highest BCUT2D eigenvalue weighted by Crippen LogP contribution is 2.19. The van der Waals surface area contributed by atoms with Crippen LogP contribution in [0, 0.1) is 6.92 Å². The van der Waals surface area contributed by atoms with Crippen LogP contribution in [0.2, 0.25) is 0 Å². The van der Waals surface area contributed by atoms with Crippen LogP contribution < -0.4 is 10.1 Å². The standard InChI is InChI=1S/C20H25N3O5S/c1-15-3-9-19(10-4-15)29(26,27)23-13-11-22(12-14-23)20(25)21-16(2)28-18-7-5-17(24)6-8-18/h3-10,16,24H,11-14H2,1-2H3,(H,21,25). The molecule has 0 spiro atoms. The van der Waals surface area contributed by atoms with Crippen molar-refractivity contribution in [1.82, 2.24) is 14.5 Å². The topological polar surface area (TPSA) is 99.2 Å². The summed E-state index contributed by atoms with van der Waals surface area (Å²) in [5.41, 5.74) is 0.995. The molecule has 2 N–H and O–H groups in total. The maximum absolute atomic E-state index is 12.7.